The van der Waals surface area contributed by atoms with E-state index in [1.54, 1.807) is 23.5 Å². The van der Waals surface area contributed by atoms with Gasteiger partial charge in [-0.3, -0.25) is 14.9 Å². The molecule has 0 aliphatic carbocycles. The van der Waals surface area contributed by atoms with Gasteiger partial charge in [0.25, 0.3) is 5.69 Å². The number of aryl methyl sites for hydroxylation is 1. The van der Waals surface area contributed by atoms with Crippen LogP contribution in [0.3, 0.4) is 0 Å². The van der Waals surface area contributed by atoms with Crippen LogP contribution in [0.1, 0.15) is 20.8 Å². The number of hydrogen-bond donors (Lipinski definition) is 0. The Morgan fingerprint density at radius 3 is 2.79 bits per heavy atom. The minimum Gasteiger partial charge on any atom is -0.289 e. The van der Waals surface area contributed by atoms with E-state index in [4.69, 9.17) is 0 Å². The molecule has 0 radical (unpaired) electrons. The molecular formula is C14H11NO3S. The molecule has 0 N–H and O–H groups in total. The van der Waals surface area contributed by atoms with E-state index in [0.717, 1.165) is 10.4 Å². The zero-order chi connectivity index (χ0) is 13.8. The lowest BCUT2D eigenvalue weighted by atomic mass is 10.1. The molecule has 0 spiro atoms. The molecule has 2 aromatic rings. The summed E-state index contributed by atoms with van der Waals surface area (Å²) in [6.45, 7) is 1.97. The number of allylic oxidation sites excluding steroid dienone is 1. The maximum absolute atomic E-state index is 11.9. The van der Waals surface area contributed by atoms with Crippen molar-refractivity contribution in [1.29, 1.82) is 0 Å². The highest BCUT2D eigenvalue weighted by molar-refractivity contribution is 7.11. The third-order valence-electron chi connectivity index (χ3n) is 2.63. The van der Waals surface area contributed by atoms with Crippen molar-refractivity contribution in [3.05, 3.63) is 67.9 Å². The van der Waals surface area contributed by atoms with Crippen LogP contribution < -0.4 is 0 Å². The second-order valence-corrected chi connectivity index (χ2v) is 4.92. The molecule has 0 amide bonds. The van der Waals surface area contributed by atoms with E-state index in [1.165, 1.54) is 24.3 Å². The van der Waals surface area contributed by atoms with Crippen molar-refractivity contribution >= 4 is 28.9 Å². The van der Waals surface area contributed by atoms with Crippen LogP contribution in [0, 0.1) is 17.0 Å². The molecule has 0 unspecified atom stereocenters. The Bertz CT molecular complexity index is 658. The van der Waals surface area contributed by atoms with Gasteiger partial charge in [-0.1, -0.05) is 12.1 Å². The number of nitrogens with zero attached hydrogens (tertiary/aromatic N) is 1. The van der Waals surface area contributed by atoms with Gasteiger partial charge >= 0.3 is 0 Å². The predicted octanol–water partition coefficient (Wildman–Crippen LogP) is 3.86. The smallest absolute Gasteiger partial charge is 0.270 e. The number of carbonyl (C=O) groups excluding carboxylic acids is 1. The van der Waals surface area contributed by atoms with Gasteiger partial charge in [-0.2, -0.15) is 0 Å². The Labute approximate surface area is 114 Å². The fraction of sp³-hybridized carbons (Fsp3) is 0.0714. The van der Waals surface area contributed by atoms with Crippen molar-refractivity contribution in [3.8, 4) is 0 Å². The molecule has 1 aromatic heterocycles. The average Bonchev–Trinajstić information content (AvgIpc) is 2.81. The van der Waals surface area contributed by atoms with Crippen molar-refractivity contribution in [2.45, 2.75) is 6.92 Å². The minimum absolute atomic E-state index is 0.0773. The molecule has 4 nitrogen and oxygen atoms in total. The molecule has 5 heteroatoms. The number of ketones is 1. The normalized spacial score (nSPS) is 10.8. The number of rotatable bonds is 4. The number of nitro groups is 1. The standard InChI is InChI=1S/C14H11NO3S/c1-10-7-8-19-14(10)6-5-13(16)11-3-2-4-12(9-11)15(17)18/h2-9H,1H3/b6-5+. The second-order valence-electron chi connectivity index (χ2n) is 3.97. The van der Waals surface area contributed by atoms with Gasteiger partial charge in [0.15, 0.2) is 5.78 Å². The van der Waals surface area contributed by atoms with Crippen LogP contribution in [0.25, 0.3) is 6.08 Å². The van der Waals surface area contributed by atoms with Crippen LogP contribution in [0.4, 0.5) is 5.69 Å². The van der Waals surface area contributed by atoms with Gasteiger partial charge in [0, 0.05) is 22.6 Å². The summed E-state index contributed by atoms with van der Waals surface area (Å²) in [5, 5.41) is 12.6. The second kappa shape index (κ2) is 5.58. The summed E-state index contributed by atoms with van der Waals surface area (Å²) in [5.74, 6) is -0.239. The molecule has 0 bridgehead atoms. The van der Waals surface area contributed by atoms with Crippen LogP contribution in [0.15, 0.2) is 41.8 Å². The molecule has 1 aromatic carbocycles. The summed E-state index contributed by atoms with van der Waals surface area (Å²) in [5.41, 5.74) is 1.35. The first-order valence-corrected chi connectivity index (χ1v) is 6.47. The van der Waals surface area contributed by atoms with Crippen LogP contribution in [-0.4, -0.2) is 10.7 Å². The highest BCUT2D eigenvalue weighted by Gasteiger charge is 2.09. The number of carbonyl (C=O) groups is 1. The third-order valence-corrected chi connectivity index (χ3v) is 3.61. The lowest BCUT2D eigenvalue weighted by molar-refractivity contribution is -0.384. The van der Waals surface area contributed by atoms with Crippen LogP contribution in [-0.2, 0) is 0 Å². The van der Waals surface area contributed by atoms with E-state index >= 15 is 0 Å². The minimum atomic E-state index is -0.510. The maximum Gasteiger partial charge on any atom is 0.270 e. The van der Waals surface area contributed by atoms with Crippen molar-refractivity contribution in [3.63, 3.8) is 0 Å². The highest BCUT2D eigenvalue weighted by Crippen LogP contribution is 2.18. The van der Waals surface area contributed by atoms with Gasteiger partial charge < -0.3 is 0 Å². The van der Waals surface area contributed by atoms with E-state index < -0.39 is 4.92 Å². The zero-order valence-corrected chi connectivity index (χ0v) is 11.0. The SMILES string of the molecule is Cc1ccsc1/C=C/C(=O)c1cccc([N+](=O)[O-])c1. The van der Waals surface area contributed by atoms with Gasteiger partial charge in [0.1, 0.15) is 0 Å². The molecular weight excluding hydrogens is 262 g/mol. The molecule has 19 heavy (non-hydrogen) atoms. The average molecular weight is 273 g/mol. The van der Waals surface area contributed by atoms with Gasteiger partial charge in [-0.05, 0) is 36.1 Å². The Balaban J connectivity index is 2.21. The van der Waals surface area contributed by atoms with Gasteiger partial charge in [0.05, 0.1) is 4.92 Å². The number of benzene rings is 1. The summed E-state index contributed by atoms with van der Waals surface area (Å²) in [7, 11) is 0. The molecule has 1 heterocycles. The third kappa shape index (κ3) is 3.14. The van der Waals surface area contributed by atoms with E-state index in [0.29, 0.717) is 5.56 Å². The molecule has 0 aliphatic heterocycles. The molecule has 0 atom stereocenters. The lowest BCUT2D eigenvalue weighted by Crippen LogP contribution is -1.96. The van der Waals surface area contributed by atoms with Crippen LogP contribution in [0.2, 0.25) is 0 Å². The van der Waals surface area contributed by atoms with E-state index in [-0.39, 0.29) is 11.5 Å². The Morgan fingerprint density at radius 1 is 1.37 bits per heavy atom. The van der Waals surface area contributed by atoms with E-state index in [1.807, 2.05) is 18.4 Å². The first-order chi connectivity index (χ1) is 9.08. The Hall–Kier alpha value is -2.27. The fourth-order valence-electron chi connectivity index (χ4n) is 1.58. The topological polar surface area (TPSA) is 60.2 Å². The number of thiophene rings is 1. The van der Waals surface area contributed by atoms with Gasteiger partial charge in [-0.15, -0.1) is 11.3 Å². The summed E-state index contributed by atoms with van der Waals surface area (Å²) in [6.07, 6.45) is 3.18. The fourth-order valence-corrected chi connectivity index (χ4v) is 2.39. The summed E-state index contributed by atoms with van der Waals surface area (Å²) >= 11 is 1.55. The number of nitro benzene ring substituents is 1. The molecule has 0 fully saturated rings. The summed E-state index contributed by atoms with van der Waals surface area (Å²) in [4.78, 5) is 23.1. The van der Waals surface area contributed by atoms with E-state index in [2.05, 4.69) is 0 Å². The molecule has 2 rings (SSSR count). The van der Waals surface area contributed by atoms with Crippen molar-refractivity contribution in [2.75, 3.05) is 0 Å². The number of hydrogen-bond acceptors (Lipinski definition) is 4. The Kier molecular flexibility index (Phi) is 3.87. The molecule has 96 valence electrons. The quantitative estimate of drug-likeness (QED) is 0.368. The summed E-state index contributed by atoms with van der Waals surface area (Å²) < 4.78 is 0. The molecule has 0 saturated carbocycles. The first-order valence-electron chi connectivity index (χ1n) is 5.59. The predicted molar refractivity (Wildman–Crippen MR) is 75.5 cm³/mol. The van der Waals surface area contributed by atoms with Crippen molar-refractivity contribution in [2.24, 2.45) is 0 Å². The van der Waals surface area contributed by atoms with E-state index in [9.17, 15) is 14.9 Å². The van der Waals surface area contributed by atoms with Gasteiger partial charge in [-0.25, -0.2) is 0 Å². The van der Waals surface area contributed by atoms with Gasteiger partial charge in [0.2, 0.25) is 0 Å². The molecule has 0 saturated heterocycles. The van der Waals surface area contributed by atoms with Crippen LogP contribution in [0.5, 0.6) is 0 Å². The monoisotopic (exact) mass is 273 g/mol. The maximum atomic E-state index is 11.9. The van der Waals surface area contributed by atoms with Crippen molar-refractivity contribution in [1.82, 2.24) is 0 Å². The largest absolute Gasteiger partial charge is 0.289 e. The lowest BCUT2D eigenvalue weighted by Gasteiger charge is -1.96. The Morgan fingerprint density at radius 2 is 2.16 bits per heavy atom. The molecule has 0 aliphatic rings. The summed E-state index contributed by atoms with van der Waals surface area (Å²) in [6, 6.07) is 7.70. The first kappa shape index (κ1) is 13.2. The highest BCUT2D eigenvalue weighted by atomic mass is 32.1. The van der Waals surface area contributed by atoms with Crippen molar-refractivity contribution < 1.29 is 9.72 Å². The number of non-ortho nitro benzene ring substituents is 1. The van der Waals surface area contributed by atoms with Crippen LogP contribution >= 0.6 is 11.3 Å². The zero-order valence-electron chi connectivity index (χ0n) is 10.2.